The van der Waals surface area contributed by atoms with Crippen LogP contribution in [0.1, 0.15) is 44.0 Å². The van der Waals surface area contributed by atoms with Crippen LogP contribution in [0.15, 0.2) is 41.5 Å². The molecular formula is C23H22O6. The largest absolute Gasteiger partial charge is 0.478 e. The maximum absolute atomic E-state index is 13.6. The highest BCUT2D eigenvalue weighted by molar-refractivity contribution is 6.18. The van der Waals surface area contributed by atoms with Gasteiger partial charge in [0.15, 0.2) is 22.8 Å². The van der Waals surface area contributed by atoms with Crippen molar-refractivity contribution in [1.29, 1.82) is 0 Å². The van der Waals surface area contributed by atoms with Crippen molar-refractivity contribution in [2.24, 2.45) is 11.8 Å². The first kappa shape index (κ1) is 18.3. The lowest BCUT2D eigenvalue weighted by Gasteiger charge is -2.55. The minimum absolute atomic E-state index is 0.0140. The normalized spacial score (nSPS) is 33.4. The lowest BCUT2D eigenvalue weighted by molar-refractivity contribution is -0.165. The molecule has 4 bridgehead atoms. The number of benzene rings is 1. The van der Waals surface area contributed by atoms with Gasteiger partial charge in [0.1, 0.15) is 17.1 Å². The quantitative estimate of drug-likeness (QED) is 0.445. The Kier molecular flexibility index (Phi) is 3.72. The van der Waals surface area contributed by atoms with Crippen molar-refractivity contribution in [3.63, 3.8) is 0 Å². The molecule has 6 rings (SSSR count). The predicted octanol–water partition coefficient (Wildman–Crippen LogP) is 3.20. The summed E-state index contributed by atoms with van der Waals surface area (Å²) in [5, 5.41) is 0. The minimum Gasteiger partial charge on any atom is -0.478 e. The number of ketones is 2. The zero-order chi connectivity index (χ0) is 20.6. The van der Waals surface area contributed by atoms with Crippen LogP contribution in [0.5, 0.6) is 11.5 Å². The summed E-state index contributed by atoms with van der Waals surface area (Å²) < 4.78 is 18.0. The summed E-state index contributed by atoms with van der Waals surface area (Å²) in [5.74, 6) is -0.710. The maximum Gasteiger partial charge on any atom is 0.308 e. The van der Waals surface area contributed by atoms with Crippen molar-refractivity contribution in [2.45, 2.75) is 44.8 Å². The smallest absolute Gasteiger partial charge is 0.308 e. The molecule has 1 saturated carbocycles. The standard InChI is InChI=1S/C23H22O6/c1-12(2)7-8-22-21(26)14-9-15(11-27-22)23(22)16(10-14)20(25)19-17(28-13(3)24)5-4-6-18(19)29-23/h4-7,10,14-15H,8-9,11H2,1-3H3. The highest BCUT2D eigenvalue weighted by atomic mass is 16.6. The molecule has 6 heteroatoms. The number of fused-ring (bicyclic) bond motifs is 1. The Bertz CT molecular complexity index is 1030. The monoisotopic (exact) mass is 394 g/mol. The van der Waals surface area contributed by atoms with Crippen LogP contribution in [0.2, 0.25) is 0 Å². The van der Waals surface area contributed by atoms with Crippen LogP contribution in [0.3, 0.4) is 0 Å². The van der Waals surface area contributed by atoms with Crippen molar-refractivity contribution in [1.82, 2.24) is 0 Å². The van der Waals surface area contributed by atoms with E-state index in [0.29, 0.717) is 30.8 Å². The van der Waals surface area contributed by atoms with Gasteiger partial charge in [-0.05, 0) is 32.4 Å². The van der Waals surface area contributed by atoms with E-state index in [2.05, 4.69) is 0 Å². The average Bonchev–Trinajstić information content (AvgIpc) is 2.91. The molecule has 1 spiro atoms. The van der Waals surface area contributed by atoms with Crippen LogP contribution in [0.25, 0.3) is 0 Å². The van der Waals surface area contributed by atoms with Gasteiger partial charge in [-0.25, -0.2) is 0 Å². The van der Waals surface area contributed by atoms with Crippen molar-refractivity contribution in [3.8, 4) is 11.5 Å². The Morgan fingerprint density at radius 1 is 1.28 bits per heavy atom. The van der Waals surface area contributed by atoms with E-state index in [9.17, 15) is 14.4 Å². The molecule has 2 heterocycles. The first-order chi connectivity index (χ1) is 13.8. The maximum atomic E-state index is 13.6. The summed E-state index contributed by atoms with van der Waals surface area (Å²) in [6.45, 7) is 5.60. The van der Waals surface area contributed by atoms with E-state index in [4.69, 9.17) is 14.2 Å². The van der Waals surface area contributed by atoms with Crippen LogP contribution < -0.4 is 9.47 Å². The molecule has 1 saturated heterocycles. The number of Topliss-reactive ketones (excluding diaryl/α,β-unsaturated/α-hetero) is 2. The second-order valence-corrected chi connectivity index (χ2v) is 8.50. The van der Waals surface area contributed by atoms with E-state index in [0.717, 1.165) is 5.57 Å². The fourth-order valence-electron chi connectivity index (χ4n) is 5.40. The molecule has 1 aromatic carbocycles. The Morgan fingerprint density at radius 3 is 2.79 bits per heavy atom. The Balaban J connectivity index is 1.72. The number of allylic oxidation sites excluding steroid dienone is 2. The van der Waals surface area contributed by atoms with Crippen molar-refractivity contribution in [3.05, 3.63) is 47.1 Å². The molecule has 2 aliphatic heterocycles. The Morgan fingerprint density at radius 2 is 2.07 bits per heavy atom. The minimum atomic E-state index is -1.20. The summed E-state index contributed by atoms with van der Waals surface area (Å²) in [6.07, 6.45) is 4.71. The highest BCUT2D eigenvalue weighted by Gasteiger charge is 2.76. The molecule has 5 aliphatic rings. The van der Waals surface area contributed by atoms with Crippen molar-refractivity contribution < 1.29 is 28.6 Å². The lowest BCUT2D eigenvalue weighted by atomic mass is 9.53. The van der Waals surface area contributed by atoms with E-state index < -0.39 is 17.2 Å². The molecule has 6 nitrogen and oxygen atoms in total. The van der Waals surface area contributed by atoms with Gasteiger partial charge in [-0.15, -0.1) is 0 Å². The van der Waals surface area contributed by atoms with E-state index in [1.165, 1.54) is 6.92 Å². The molecule has 0 radical (unpaired) electrons. The van der Waals surface area contributed by atoms with Gasteiger partial charge >= 0.3 is 5.97 Å². The Hall–Kier alpha value is -2.73. The van der Waals surface area contributed by atoms with Gasteiger partial charge in [0.2, 0.25) is 0 Å². The zero-order valence-electron chi connectivity index (χ0n) is 16.6. The van der Waals surface area contributed by atoms with Crippen molar-refractivity contribution in [2.75, 3.05) is 6.61 Å². The van der Waals surface area contributed by atoms with Gasteiger partial charge in [-0.2, -0.15) is 0 Å². The van der Waals surface area contributed by atoms with Gasteiger partial charge < -0.3 is 14.2 Å². The van der Waals surface area contributed by atoms with Crippen molar-refractivity contribution >= 4 is 17.5 Å². The first-order valence-corrected chi connectivity index (χ1v) is 9.89. The molecule has 0 aromatic heterocycles. The number of hydrogen-bond donors (Lipinski definition) is 0. The SMILES string of the molecule is CC(=O)Oc1cccc2c1C(=O)C1=CC3CC4COC(CC=C(C)C)(C3=O)C14O2. The third kappa shape index (κ3) is 2.18. The molecule has 4 atom stereocenters. The molecule has 29 heavy (non-hydrogen) atoms. The van der Waals surface area contributed by atoms with E-state index in [-0.39, 0.29) is 34.7 Å². The molecule has 150 valence electrons. The van der Waals surface area contributed by atoms with E-state index >= 15 is 0 Å². The van der Waals surface area contributed by atoms with Gasteiger partial charge in [-0.1, -0.05) is 23.8 Å². The van der Waals surface area contributed by atoms with Crippen LogP contribution in [0.4, 0.5) is 0 Å². The lowest BCUT2D eigenvalue weighted by Crippen LogP contribution is -2.71. The molecule has 0 amide bonds. The molecule has 1 aromatic rings. The first-order valence-electron chi connectivity index (χ1n) is 9.89. The number of rotatable bonds is 3. The molecule has 0 N–H and O–H groups in total. The van der Waals surface area contributed by atoms with Gasteiger partial charge in [0.05, 0.1) is 6.61 Å². The fraction of sp³-hybridized carbons (Fsp3) is 0.435. The van der Waals surface area contributed by atoms with Crippen LogP contribution >= 0.6 is 0 Å². The summed E-state index contributed by atoms with van der Waals surface area (Å²) >= 11 is 0. The van der Waals surface area contributed by atoms with E-state index in [1.54, 1.807) is 24.3 Å². The molecule has 3 aliphatic carbocycles. The summed E-state index contributed by atoms with van der Waals surface area (Å²) in [7, 11) is 0. The Labute approximate surface area is 168 Å². The number of carbonyl (C=O) groups excluding carboxylic acids is 3. The van der Waals surface area contributed by atoms with Crippen LogP contribution in [-0.4, -0.2) is 35.3 Å². The number of ether oxygens (including phenoxy) is 3. The second-order valence-electron chi connectivity index (χ2n) is 8.50. The predicted molar refractivity (Wildman–Crippen MR) is 103 cm³/mol. The second kappa shape index (κ2) is 5.89. The molecule has 2 fully saturated rings. The fourth-order valence-corrected chi connectivity index (χ4v) is 5.40. The van der Waals surface area contributed by atoms with E-state index in [1.807, 2.05) is 19.9 Å². The third-order valence-electron chi connectivity index (χ3n) is 6.53. The number of esters is 1. The zero-order valence-corrected chi connectivity index (χ0v) is 16.6. The van der Waals surface area contributed by atoms with Crippen LogP contribution in [-0.2, 0) is 14.3 Å². The average molecular weight is 394 g/mol. The number of carbonyl (C=O) groups is 3. The molecular weight excluding hydrogens is 372 g/mol. The highest BCUT2D eigenvalue weighted by Crippen LogP contribution is 2.63. The topological polar surface area (TPSA) is 78.9 Å². The summed E-state index contributed by atoms with van der Waals surface area (Å²) in [4.78, 5) is 38.5. The number of hydrogen-bond acceptors (Lipinski definition) is 6. The van der Waals surface area contributed by atoms with Gasteiger partial charge in [-0.3, -0.25) is 14.4 Å². The van der Waals surface area contributed by atoms with Gasteiger partial charge in [0, 0.05) is 30.8 Å². The third-order valence-corrected chi connectivity index (χ3v) is 6.53. The summed E-state index contributed by atoms with van der Waals surface area (Å²) in [5.41, 5.74) is -0.570. The summed E-state index contributed by atoms with van der Waals surface area (Å²) in [6, 6.07) is 4.94. The molecule has 4 unspecified atom stereocenters. The van der Waals surface area contributed by atoms with Crippen LogP contribution in [0, 0.1) is 11.8 Å². The van der Waals surface area contributed by atoms with Gasteiger partial charge in [0.25, 0.3) is 0 Å².